The largest absolute Gasteiger partial charge is 0.339 e. The maximum Gasteiger partial charge on any atom is 0.231 e. The SMILES string of the molecule is CCC(c1nc(Cc2ccccc2)no1)C(C)NC. The summed E-state index contributed by atoms with van der Waals surface area (Å²) in [6.45, 7) is 4.27. The summed E-state index contributed by atoms with van der Waals surface area (Å²) in [5.41, 5.74) is 1.20. The van der Waals surface area contributed by atoms with Crippen molar-refractivity contribution in [2.75, 3.05) is 7.05 Å². The number of likely N-dealkylation sites (N-methyl/N-ethyl adjacent to an activating group) is 1. The summed E-state index contributed by atoms with van der Waals surface area (Å²) in [7, 11) is 1.95. The second kappa shape index (κ2) is 6.48. The van der Waals surface area contributed by atoms with E-state index < -0.39 is 0 Å². The van der Waals surface area contributed by atoms with Crippen LogP contribution in [0.5, 0.6) is 0 Å². The average Bonchev–Trinajstić information content (AvgIpc) is 2.89. The Kier molecular flexibility index (Phi) is 4.68. The van der Waals surface area contributed by atoms with Crippen LogP contribution < -0.4 is 5.32 Å². The van der Waals surface area contributed by atoms with Gasteiger partial charge in [-0.1, -0.05) is 42.4 Å². The van der Waals surface area contributed by atoms with Gasteiger partial charge < -0.3 is 9.84 Å². The molecule has 0 saturated heterocycles. The Morgan fingerprint density at radius 2 is 2.00 bits per heavy atom. The molecule has 2 rings (SSSR count). The zero-order valence-corrected chi connectivity index (χ0v) is 11.8. The highest BCUT2D eigenvalue weighted by Crippen LogP contribution is 2.22. The van der Waals surface area contributed by atoms with Gasteiger partial charge in [-0.3, -0.25) is 0 Å². The van der Waals surface area contributed by atoms with Gasteiger partial charge in [0.05, 0.1) is 5.92 Å². The highest BCUT2D eigenvalue weighted by Gasteiger charge is 2.22. The lowest BCUT2D eigenvalue weighted by molar-refractivity contribution is 0.320. The van der Waals surface area contributed by atoms with Gasteiger partial charge in [-0.2, -0.15) is 4.98 Å². The molecule has 0 aliphatic rings. The Bertz CT molecular complexity index is 495. The molecule has 2 atom stereocenters. The summed E-state index contributed by atoms with van der Waals surface area (Å²) in [5.74, 6) is 1.75. The van der Waals surface area contributed by atoms with E-state index in [1.165, 1.54) is 5.56 Å². The summed E-state index contributed by atoms with van der Waals surface area (Å²) in [5, 5.41) is 7.33. The fraction of sp³-hybridized carbons (Fsp3) is 0.467. The molecule has 0 amide bonds. The maximum atomic E-state index is 5.41. The molecule has 1 N–H and O–H groups in total. The van der Waals surface area contributed by atoms with E-state index in [1.807, 2.05) is 25.2 Å². The van der Waals surface area contributed by atoms with E-state index >= 15 is 0 Å². The number of benzene rings is 1. The van der Waals surface area contributed by atoms with Crippen LogP contribution in [-0.4, -0.2) is 23.2 Å². The van der Waals surface area contributed by atoms with E-state index in [0.29, 0.717) is 12.5 Å². The first kappa shape index (κ1) is 13.7. The number of hydrogen-bond donors (Lipinski definition) is 1. The second-order valence-electron chi connectivity index (χ2n) is 4.80. The monoisotopic (exact) mass is 259 g/mol. The summed E-state index contributed by atoms with van der Waals surface area (Å²) in [6, 6.07) is 10.5. The fourth-order valence-electron chi connectivity index (χ4n) is 2.21. The zero-order valence-electron chi connectivity index (χ0n) is 11.8. The predicted octanol–water partition coefficient (Wildman–Crippen LogP) is 2.76. The van der Waals surface area contributed by atoms with Crippen molar-refractivity contribution in [2.45, 2.75) is 38.6 Å². The molecule has 0 aliphatic carbocycles. The molecule has 19 heavy (non-hydrogen) atoms. The molecular weight excluding hydrogens is 238 g/mol. The van der Waals surface area contributed by atoms with Crippen LogP contribution in [0.2, 0.25) is 0 Å². The number of nitrogens with zero attached hydrogens (tertiary/aromatic N) is 2. The van der Waals surface area contributed by atoms with Gasteiger partial charge in [-0.05, 0) is 26.0 Å². The van der Waals surface area contributed by atoms with E-state index in [2.05, 4.69) is 41.4 Å². The summed E-state index contributed by atoms with van der Waals surface area (Å²) in [4.78, 5) is 4.53. The normalized spacial score (nSPS) is 14.3. The van der Waals surface area contributed by atoms with Gasteiger partial charge in [0.15, 0.2) is 5.82 Å². The van der Waals surface area contributed by atoms with Gasteiger partial charge >= 0.3 is 0 Å². The van der Waals surface area contributed by atoms with Crippen molar-refractivity contribution in [3.63, 3.8) is 0 Å². The predicted molar refractivity (Wildman–Crippen MR) is 75.1 cm³/mol. The molecule has 0 spiro atoms. The van der Waals surface area contributed by atoms with Crippen molar-refractivity contribution in [2.24, 2.45) is 0 Å². The average molecular weight is 259 g/mol. The smallest absolute Gasteiger partial charge is 0.231 e. The molecule has 1 aromatic heterocycles. The first-order valence-corrected chi connectivity index (χ1v) is 6.78. The van der Waals surface area contributed by atoms with E-state index in [-0.39, 0.29) is 5.92 Å². The molecule has 0 radical (unpaired) electrons. The highest BCUT2D eigenvalue weighted by molar-refractivity contribution is 5.18. The first-order chi connectivity index (χ1) is 9.24. The summed E-state index contributed by atoms with van der Waals surface area (Å²) < 4.78 is 5.41. The van der Waals surface area contributed by atoms with Crippen LogP contribution in [0.1, 0.15) is 43.5 Å². The van der Waals surface area contributed by atoms with Gasteiger partial charge in [0.25, 0.3) is 0 Å². The third-order valence-electron chi connectivity index (χ3n) is 3.50. The molecular formula is C15H21N3O. The van der Waals surface area contributed by atoms with Crippen molar-refractivity contribution in [1.29, 1.82) is 0 Å². The molecule has 4 nitrogen and oxygen atoms in total. The molecule has 102 valence electrons. The quantitative estimate of drug-likeness (QED) is 0.866. The number of rotatable bonds is 6. The van der Waals surface area contributed by atoms with E-state index in [9.17, 15) is 0 Å². The van der Waals surface area contributed by atoms with E-state index in [0.717, 1.165) is 18.1 Å². The maximum absolute atomic E-state index is 5.41. The van der Waals surface area contributed by atoms with Gasteiger partial charge in [0, 0.05) is 12.5 Å². The molecule has 2 unspecified atom stereocenters. The van der Waals surface area contributed by atoms with E-state index in [1.54, 1.807) is 0 Å². The van der Waals surface area contributed by atoms with Crippen LogP contribution in [0.15, 0.2) is 34.9 Å². The van der Waals surface area contributed by atoms with Gasteiger partial charge in [0.1, 0.15) is 0 Å². The second-order valence-corrected chi connectivity index (χ2v) is 4.80. The number of aromatic nitrogens is 2. The van der Waals surface area contributed by atoms with Gasteiger partial charge in [-0.25, -0.2) is 0 Å². The molecule has 0 bridgehead atoms. The van der Waals surface area contributed by atoms with Crippen molar-refractivity contribution in [1.82, 2.24) is 15.5 Å². The minimum atomic E-state index is 0.266. The topological polar surface area (TPSA) is 51.0 Å². The lowest BCUT2D eigenvalue weighted by Gasteiger charge is -2.17. The van der Waals surface area contributed by atoms with Crippen LogP contribution in [0.4, 0.5) is 0 Å². The molecule has 1 heterocycles. The van der Waals surface area contributed by atoms with Crippen LogP contribution in [0.25, 0.3) is 0 Å². The van der Waals surface area contributed by atoms with Crippen molar-refractivity contribution < 1.29 is 4.52 Å². The standard InChI is InChI=1S/C15H21N3O/c1-4-13(11(2)16-3)15-17-14(18-19-15)10-12-8-6-5-7-9-12/h5-9,11,13,16H,4,10H2,1-3H3. The lowest BCUT2D eigenvalue weighted by atomic mass is 9.98. The molecule has 0 aliphatic heterocycles. The Labute approximate surface area is 114 Å². The van der Waals surface area contributed by atoms with Crippen LogP contribution >= 0.6 is 0 Å². The summed E-state index contributed by atoms with van der Waals surface area (Å²) in [6.07, 6.45) is 1.70. The minimum absolute atomic E-state index is 0.266. The Morgan fingerprint density at radius 3 is 2.63 bits per heavy atom. The Balaban J connectivity index is 2.10. The van der Waals surface area contributed by atoms with Crippen LogP contribution in [0.3, 0.4) is 0 Å². The van der Waals surface area contributed by atoms with Crippen LogP contribution in [-0.2, 0) is 6.42 Å². The molecule has 2 aromatic rings. The lowest BCUT2D eigenvalue weighted by Crippen LogP contribution is -2.28. The van der Waals surface area contributed by atoms with Crippen molar-refractivity contribution in [3.05, 3.63) is 47.6 Å². The Morgan fingerprint density at radius 1 is 1.26 bits per heavy atom. The van der Waals surface area contributed by atoms with Gasteiger partial charge in [-0.15, -0.1) is 0 Å². The fourth-order valence-corrected chi connectivity index (χ4v) is 2.21. The molecule has 1 aromatic carbocycles. The zero-order chi connectivity index (χ0) is 13.7. The third kappa shape index (κ3) is 3.41. The van der Waals surface area contributed by atoms with Crippen molar-refractivity contribution in [3.8, 4) is 0 Å². The van der Waals surface area contributed by atoms with Crippen LogP contribution in [0, 0.1) is 0 Å². The minimum Gasteiger partial charge on any atom is -0.339 e. The highest BCUT2D eigenvalue weighted by atomic mass is 16.5. The first-order valence-electron chi connectivity index (χ1n) is 6.78. The molecule has 4 heteroatoms. The molecule has 0 saturated carbocycles. The Hall–Kier alpha value is -1.68. The van der Waals surface area contributed by atoms with Gasteiger partial charge in [0.2, 0.25) is 5.89 Å². The third-order valence-corrected chi connectivity index (χ3v) is 3.50. The number of hydrogen-bond acceptors (Lipinski definition) is 4. The van der Waals surface area contributed by atoms with Crippen molar-refractivity contribution >= 4 is 0 Å². The number of nitrogens with one attached hydrogen (secondary N) is 1. The van der Waals surface area contributed by atoms with E-state index in [4.69, 9.17) is 4.52 Å². The molecule has 0 fully saturated rings. The summed E-state index contributed by atoms with van der Waals surface area (Å²) >= 11 is 0.